The molecule has 0 saturated carbocycles. The van der Waals surface area contributed by atoms with Crippen molar-refractivity contribution in [2.24, 2.45) is 0 Å². The van der Waals surface area contributed by atoms with Crippen LogP contribution in [0.1, 0.15) is 27.2 Å². The normalized spacial score (nSPS) is 11.6. The van der Waals surface area contributed by atoms with Crippen LogP contribution in [0.2, 0.25) is 5.02 Å². The van der Waals surface area contributed by atoms with E-state index in [4.69, 9.17) is 11.6 Å². The van der Waals surface area contributed by atoms with Crippen LogP contribution in [0.25, 0.3) is 10.2 Å². The van der Waals surface area contributed by atoms with Crippen molar-refractivity contribution < 1.29 is 18.0 Å². The minimum atomic E-state index is -4.47. The molecular formula is C22H15ClF3N3OS. The summed E-state index contributed by atoms with van der Waals surface area (Å²) in [5.74, 6) is -0.470. The van der Waals surface area contributed by atoms with Crippen LogP contribution >= 0.6 is 22.9 Å². The summed E-state index contributed by atoms with van der Waals surface area (Å²) >= 11 is 7.43. The van der Waals surface area contributed by atoms with Gasteiger partial charge in [-0.3, -0.25) is 14.7 Å². The predicted octanol–water partition coefficient (Wildman–Crippen LogP) is 6.52. The van der Waals surface area contributed by atoms with Gasteiger partial charge in [0, 0.05) is 16.8 Å². The summed E-state index contributed by atoms with van der Waals surface area (Å²) < 4.78 is 39.5. The van der Waals surface area contributed by atoms with E-state index < -0.39 is 17.6 Å². The van der Waals surface area contributed by atoms with Crippen molar-refractivity contribution in [3.8, 4) is 0 Å². The Balaban J connectivity index is 1.76. The standard InChI is InChI=1S/C22H15ClF3N3OS/c1-13-10-16(23)11-18-19(13)28-21(31-18)29(12-17-4-2-3-9-27-17)20(30)14-5-7-15(8-6-14)22(24,25)26/h2-11H,12H2,1H3. The molecule has 31 heavy (non-hydrogen) atoms. The molecule has 0 N–H and O–H groups in total. The zero-order chi connectivity index (χ0) is 22.2. The number of halogens is 4. The van der Waals surface area contributed by atoms with Crippen molar-refractivity contribution in [3.05, 3.63) is 88.2 Å². The molecule has 0 aliphatic heterocycles. The number of hydrogen-bond acceptors (Lipinski definition) is 4. The zero-order valence-corrected chi connectivity index (χ0v) is 17.7. The first kappa shape index (κ1) is 21.3. The molecule has 0 atom stereocenters. The number of thiazole rings is 1. The summed E-state index contributed by atoms with van der Waals surface area (Å²) in [6.45, 7) is 1.99. The third-order valence-corrected chi connectivity index (χ3v) is 5.86. The minimum Gasteiger partial charge on any atom is -0.278 e. The van der Waals surface area contributed by atoms with Crippen LogP contribution in [0.4, 0.5) is 18.3 Å². The summed E-state index contributed by atoms with van der Waals surface area (Å²) in [5.41, 5.74) is 1.51. The first-order valence-corrected chi connectivity index (χ1v) is 10.4. The zero-order valence-electron chi connectivity index (χ0n) is 16.2. The van der Waals surface area contributed by atoms with Crippen molar-refractivity contribution in [1.29, 1.82) is 0 Å². The first-order chi connectivity index (χ1) is 14.7. The summed E-state index contributed by atoms with van der Waals surface area (Å²) in [7, 11) is 0. The number of amides is 1. The maximum absolute atomic E-state index is 13.3. The molecule has 0 unspecified atom stereocenters. The van der Waals surface area contributed by atoms with Crippen LogP contribution < -0.4 is 4.90 Å². The lowest BCUT2D eigenvalue weighted by Crippen LogP contribution is -2.30. The fourth-order valence-corrected chi connectivity index (χ4v) is 4.51. The van der Waals surface area contributed by atoms with Crippen LogP contribution in [-0.2, 0) is 12.7 Å². The molecule has 4 aromatic rings. The number of nitrogens with zero attached hydrogens (tertiary/aromatic N) is 3. The van der Waals surface area contributed by atoms with E-state index in [1.807, 2.05) is 6.92 Å². The monoisotopic (exact) mass is 461 g/mol. The van der Waals surface area contributed by atoms with Gasteiger partial charge in [-0.2, -0.15) is 13.2 Å². The molecule has 158 valence electrons. The smallest absolute Gasteiger partial charge is 0.278 e. The number of anilines is 1. The second kappa shape index (κ2) is 8.28. The third kappa shape index (κ3) is 4.55. The van der Waals surface area contributed by atoms with Gasteiger partial charge in [-0.15, -0.1) is 0 Å². The SMILES string of the molecule is Cc1cc(Cl)cc2sc(N(Cc3ccccn3)C(=O)c3ccc(C(F)(F)F)cc3)nc12. The molecule has 0 aliphatic rings. The second-order valence-electron chi connectivity index (χ2n) is 6.85. The Labute approximate surface area is 184 Å². The Bertz CT molecular complexity index is 1240. The summed E-state index contributed by atoms with van der Waals surface area (Å²) in [6.07, 6.45) is -2.86. The van der Waals surface area contributed by atoms with Crippen LogP contribution in [-0.4, -0.2) is 15.9 Å². The highest BCUT2D eigenvalue weighted by atomic mass is 35.5. The predicted molar refractivity (Wildman–Crippen MR) is 116 cm³/mol. The van der Waals surface area contributed by atoms with Crippen molar-refractivity contribution in [3.63, 3.8) is 0 Å². The lowest BCUT2D eigenvalue weighted by molar-refractivity contribution is -0.137. The van der Waals surface area contributed by atoms with Gasteiger partial charge in [0.25, 0.3) is 5.91 Å². The number of pyridine rings is 1. The molecule has 2 heterocycles. The van der Waals surface area contributed by atoms with E-state index in [9.17, 15) is 18.0 Å². The van der Waals surface area contributed by atoms with E-state index in [2.05, 4.69) is 9.97 Å². The average molecular weight is 462 g/mol. The average Bonchev–Trinajstić information content (AvgIpc) is 3.16. The maximum atomic E-state index is 13.3. The third-order valence-electron chi connectivity index (χ3n) is 4.62. The number of aryl methyl sites for hydroxylation is 1. The molecule has 0 fully saturated rings. The number of aromatic nitrogens is 2. The van der Waals surface area contributed by atoms with Crippen molar-refractivity contribution >= 4 is 44.2 Å². The summed E-state index contributed by atoms with van der Waals surface area (Å²) in [5, 5.41) is 0.974. The van der Waals surface area contributed by atoms with Crippen molar-refractivity contribution in [1.82, 2.24) is 9.97 Å². The van der Waals surface area contributed by atoms with Gasteiger partial charge in [-0.25, -0.2) is 4.98 Å². The molecule has 0 spiro atoms. The number of rotatable bonds is 4. The quantitative estimate of drug-likeness (QED) is 0.347. The molecule has 0 saturated heterocycles. The molecule has 0 aliphatic carbocycles. The van der Waals surface area contributed by atoms with Crippen LogP contribution in [0, 0.1) is 6.92 Å². The van der Waals surface area contributed by atoms with E-state index in [0.29, 0.717) is 15.8 Å². The molecule has 0 bridgehead atoms. The van der Waals surface area contributed by atoms with Crippen molar-refractivity contribution in [2.75, 3.05) is 4.90 Å². The number of benzene rings is 2. The lowest BCUT2D eigenvalue weighted by atomic mass is 10.1. The fraction of sp³-hybridized carbons (Fsp3) is 0.136. The molecular weight excluding hydrogens is 447 g/mol. The highest BCUT2D eigenvalue weighted by Crippen LogP contribution is 2.35. The molecule has 0 radical (unpaired) electrons. The van der Waals surface area contributed by atoms with E-state index in [1.54, 1.807) is 36.5 Å². The molecule has 9 heteroatoms. The maximum Gasteiger partial charge on any atom is 0.416 e. The molecule has 2 aromatic carbocycles. The van der Waals surface area contributed by atoms with Gasteiger partial charge in [0.2, 0.25) is 0 Å². The van der Waals surface area contributed by atoms with Gasteiger partial charge in [-0.1, -0.05) is 29.0 Å². The van der Waals surface area contributed by atoms with Gasteiger partial charge in [0.15, 0.2) is 5.13 Å². The second-order valence-corrected chi connectivity index (χ2v) is 8.30. The Morgan fingerprint density at radius 2 is 1.87 bits per heavy atom. The molecule has 2 aromatic heterocycles. The summed E-state index contributed by atoms with van der Waals surface area (Å²) in [6, 6.07) is 13.0. The number of hydrogen-bond donors (Lipinski definition) is 0. The Morgan fingerprint density at radius 1 is 1.13 bits per heavy atom. The Hall–Kier alpha value is -2.97. The number of alkyl halides is 3. The van der Waals surface area contributed by atoms with Gasteiger partial charge < -0.3 is 0 Å². The largest absolute Gasteiger partial charge is 0.416 e. The molecule has 1 amide bonds. The first-order valence-electron chi connectivity index (χ1n) is 9.18. The molecule has 4 rings (SSSR count). The Kier molecular flexibility index (Phi) is 5.68. The van der Waals surface area contributed by atoms with E-state index in [0.717, 1.165) is 27.9 Å². The lowest BCUT2D eigenvalue weighted by Gasteiger charge is -2.20. The van der Waals surface area contributed by atoms with Crippen LogP contribution in [0.3, 0.4) is 0 Å². The minimum absolute atomic E-state index is 0.118. The fourth-order valence-electron chi connectivity index (χ4n) is 3.10. The number of carbonyl (C=O) groups is 1. The number of fused-ring (bicyclic) bond motifs is 1. The highest BCUT2D eigenvalue weighted by molar-refractivity contribution is 7.22. The van der Waals surface area contributed by atoms with Gasteiger partial charge in [-0.05, 0) is 61.0 Å². The van der Waals surface area contributed by atoms with Crippen molar-refractivity contribution in [2.45, 2.75) is 19.6 Å². The Morgan fingerprint density at radius 3 is 2.52 bits per heavy atom. The van der Waals surface area contributed by atoms with E-state index in [-0.39, 0.29) is 12.1 Å². The topological polar surface area (TPSA) is 46.1 Å². The summed E-state index contributed by atoms with van der Waals surface area (Å²) in [4.78, 5) is 23.6. The molecule has 4 nitrogen and oxygen atoms in total. The van der Waals surface area contributed by atoms with Gasteiger partial charge in [0.05, 0.1) is 28.0 Å². The number of carbonyl (C=O) groups excluding carboxylic acids is 1. The van der Waals surface area contributed by atoms with Gasteiger partial charge >= 0.3 is 6.18 Å². The highest BCUT2D eigenvalue weighted by Gasteiger charge is 2.31. The van der Waals surface area contributed by atoms with Gasteiger partial charge in [0.1, 0.15) is 0 Å². The van der Waals surface area contributed by atoms with Crippen LogP contribution in [0.15, 0.2) is 60.8 Å². The van der Waals surface area contributed by atoms with E-state index in [1.165, 1.54) is 28.4 Å². The van der Waals surface area contributed by atoms with E-state index >= 15 is 0 Å². The van der Waals surface area contributed by atoms with Crippen LogP contribution in [0.5, 0.6) is 0 Å².